The zero-order chi connectivity index (χ0) is 16.4. The molecule has 3 rings (SSSR count). The first kappa shape index (κ1) is 16.5. The van der Waals surface area contributed by atoms with Gasteiger partial charge in [-0.3, -0.25) is 4.79 Å². The van der Waals surface area contributed by atoms with Gasteiger partial charge in [0.15, 0.2) is 0 Å². The lowest BCUT2D eigenvalue weighted by atomic mass is 9.95. The van der Waals surface area contributed by atoms with Crippen molar-refractivity contribution in [1.82, 2.24) is 0 Å². The number of carbonyl (C=O) groups is 2. The molecule has 0 aliphatic heterocycles. The van der Waals surface area contributed by atoms with Gasteiger partial charge in [-0.2, -0.15) is 0 Å². The maximum absolute atomic E-state index is 12.3. The summed E-state index contributed by atoms with van der Waals surface area (Å²) in [6, 6.07) is 3.62. The number of thiophene rings is 2. The summed E-state index contributed by atoms with van der Waals surface area (Å²) < 4.78 is 5.57. The van der Waals surface area contributed by atoms with E-state index in [1.54, 1.807) is 6.07 Å². The number of esters is 1. The predicted octanol–water partition coefficient (Wildman–Crippen LogP) is 4.31. The van der Waals surface area contributed by atoms with Crippen LogP contribution in [0.5, 0.6) is 0 Å². The Balaban J connectivity index is 1.82. The van der Waals surface area contributed by atoms with Gasteiger partial charge in [0.2, 0.25) is 5.91 Å². The highest BCUT2D eigenvalue weighted by Gasteiger charge is 2.26. The average Bonchev–Trinajstić information content (AvgIpc) is 3.09. The SMILES string of the molecule is COC(=O)c1c(NC(=O)Cc2ccc(Cl)s2)sc2c1CCCC2. The van der Waals surface area contributed by atoms with E-state index in [4.69, 9.17) is 16.3 Å². The van der Waals surface area contributed by atoms with Crippen molar-refractivity contribution in [3.63, 3.8) is 0 Å². The second-order valence-corrected chi connectivity index (χ2v) is 8.24. The molecule has 0 fully saturated rings. The fraction of sp³-hybridized carbons (Fsp3) is 0.375. The van der Waals surface area contributed by atoms with Crippen molar-refractivity contribution in [2.45, 2.75) is 32.1 Å². The average molecular weight is 370 g/mol. The Bertz CT molecular complexity index is 751. The number of hydrogen-bond donors (Lipinski definition) is 1. The van der Waals surface area contributed by atoms with Crippen LogP contribution in [0.3, 0.4) is 0 Å². The van der Waals surface area contributed by atoms with Gasteiger partial charge in [0.1, 0.15) is 5.00 Å². The lowest BCUT2D eigenvalue weighted by Gasteiger charge is -2.11. The van der Waals surface area contributed by atoms with Crippen LogP contribution in [0.25, 0.3) is 0 Å². The van der Waals surface area contributed by atoms with E-state index in [1.807, 2.05) is 6.07 Å². The number of rotatable bonds is 4. The van der Waals surface area contributed by atoms with Gasteiger partial charge in [-0.1, -0.05) is 11.6 Å². The second-order valence-electron chi connectivity index (χ2n) is 5.34. The van der Waals surface area contributed by atoms with Gasteiger partial charge in [-0.25, -0.2) is 4.79 Å². The van der Waals surface area contributed by atoms with E-state index in [-0.39, 0.29) is 18.3 Å². The summed E-state index contributed by atoms with van der Waals surface area (Å²) in [5.41, 5.74) is 1.58. The number of fused-ring (bicyclic) bond motifs is 1. The molecule has 0 spiro atoms. The molecule has 1 N–H and O–H groups in total. The summed E-state index contributed by atoms with van der Waals surface area (Å²) in [6.45, 7) is 0. The Morgan fingerprint density at radius 3 is 2.74 bits per heavy atom. The molecular weight excluding hydrogens is 354 g/mol. The molecule has 2 aromatic rings. The topological polar surface area (TPSA) is 55.4 Å². The molecule has 4 nitrogen and oxygen atoms in total. The lowest BCUT2D eigenvalue weighted by Crippen LogP contribution is -2.16. The van der Waals surface area contributed by atoms with E-state index in [0.717, 1.165) is 36.1 Å². The van der Waals surface area contributed by atoms with Crippen LogP contribution >= 0.6 is 34.3 Å². The molecule has 2 aromatic heterocycles. The summed E-state index contributed by atoms with van der Waals surface area (Å²) in [6.07, 6.45) is 4.26. The Hall–Kier alpha value is -1.37. The molecule has 1 amide bonds. The van der Waals surface area contributed by atoms with Crippen molar-refractivity contribution < 1.29 is 14.3 Å². The second kappa shape index (κ2) is 7.03. The highest BCUT2D eigenvalue weighted by Crippen LogP contribution is 2.38. The number of hydrogen-bond acceptors (Lipinski definition) is 5. The quantitative estimate of drug-likeness (QED) is 0.817. The van der Waals surface area contributed by atoms with Gasteiger partial charge in [0.05, 0.1) is 23.4 Å². The van der Waals surface area contributed by atoms with Crippen LogP contribution in [0.15, 0.2) is 12.1 Å². The van der Waals surface area contributed by atoms with E-state index in [0.29, 0.717) is 14.9 Å². The molecule has 2 heterocycles. The molecule has 0 bridgehead atoms. The first-order chi connectivity index (χ1) is 11.1. The Morgan fingerprint density at radius 2 is 2.04 bits per heavy atom. The molecule has 7 heteroatoms. The van der Waals surface area contributed by atoms with Crippen molar-refractivity contribution in [2.24, 2.45) is 0 Å². The third kappa shape index (κ3) is 3.59. The van der Waals surface area contributed by atoms with Crippen LogP contribution < -0.4 is 5.32 Å². The Morgan fingerprint density at radius 1 is 1.26 bits per heavy atom. The van der Waals surface area contributed by atoms with Crippen LogP contribution in [-0.2, 0) is 28.8 Å². The summed E-state index contributed by atoms with van der Waals surface area (Å²) in [5, 5.41) is 3.49. The first-order valence-electron chi connectivity index (χ1n) is 7.35. The minimum absolute atomic E-state index is 0.146. The van der Waals surface area contributed by atoms with Crippen LogP contribution in [0.4, 0.5) is 5.00 Å². The fourth-order valence-electron chi connectivity index (χ4n) is 2.75. The highest BCUT2D eigenvalue weighted by atomic mass is 35.5. The molecule has 1 aliphatic rings. The minimum atomic E-state index is -0.376. The third-order valence-corrected chi connectivity index (χ3v) is 6.22. The van der Waals surface area contributed by atoms with E-state index >= 15 is 0 Å². The maximum Gasteiger partial charge on any atom is 0.341 e. The Kier molecular flexibility index (Phi) is 5.04. The number of halogens is 1. The number of ether oxygens (including phenoxy) is 1. The maximum atomic E-state index is 12.3. The van der Waals surface area contributed by atoms with Crippen molar-refractivity contribution in [3.05, 3.63) is 37.4 Å². The Labute approximate surface area is 147 Å². The van der Waals surface area contributed by atoms with Gasteiger partial charge in [0.25, 0.3) is 0 Å². The smallest absolute Gasteiger partial charge is 0.341 e. The molecular formula is C16H16ClNO3S2. The minimum Gasteiger partial charge on any atom is -0.465 e. The van der Waals surface area contributed by atoms with E-state index < -0.39 is 0 Å². The summed E-state index contributed by atoms with van der Waals surface area (Å²) in [5.74, 6) is -0.522. The number of amides is 1. The molecule has 0 radical (unpaired) electrons. The normalized spacial score (nSPS) is 13.5. The van der Waals surface area contributed by atoms with Crippen LogP contribution in [0.1, 0.15) is 38.5 Å². The number of methoxy groups -OCH3 is 1. The number of carbonyl (C=O) groups excluding carboxylic acids is 2. The standard InChI is InChI=1S/C16H16ClNO3S2/c1-21-16(20)14-10-4-2-3-5-11(10)23-15(14)18-13(19)8-9-6-7-12(17)22-9/h6-7H,2-5,8H2,1H3,(H,18,19). The van der Waals surface area contributed by atoms with E-state index in [1.165, 1.54) is 34.7 Å². The van der Waals surface area contributed by atoms with E-state index in [9.17, 15) is 9.59 Å². The monoisotopic (exact) mass is 369 g/mol. The van der Waals surface area contributed by atoms with Crippen molar-refractivity contribution in [1.29, 1.82) is 0 Å². The lowest BCUT2D eigenvalue weighted by molar-refractivity contribution is -0.115. The molecule has 122 valence electrons. The molecule has 1 aliphatic carbocycles. The number of aryl methyl sites for hydroxylation is 1. The molecule has 0 aromatic carbocycles. The summed E-state index contributed by atoms with van der Waals surface area (Å²) in [7, 11) is 1.37. The molecule has 23 heavy (non-hydrogen) atoms. The van der Waals surface area contributed by atoms with Crippen molar-refractivity contribution in [2.75, 3.05) is 12.4 Å². The van der Waals surface area contributed by atoms with Gasteiger partial charge >= 0.3 is 5.97 Å². The van der Waals surface area contributed by atoms with Gasteiger partial charge in [-0.05, 0) is 43.4 Å². The summed E-state index contributed by atoms with van der Waals surface area (Å²) in [4.78, 5) is 26.5. The van der Waals surface area contributed by atoms with Gasteiger partial charge in [-0.15, -0.1) is 22.7 Å². The van der Waals surface area contributed by atoms with Crippen LogP contribution in [-0.4, -0.2) is 19.0 Å². The van der Waals surface area contributed by atoms with Crippen molar-refractivity contribution >= 4 is 51.2 Å². The summed E-state index contributed by atoms with van der Waals surface area (Å²) >= 11 is 8.77. The highest BCUT2D eigenvalue weighted by molar-refractivity contribution is 7.17. The zero-order valence-electron chi connectivity index (χ0n) is 12.6. The predicted molar refractivity (Wildman–Crippen MR) is 94.0 cm³/mol. The van der Waals surface area contributed by atoms with Crippen LogP contribution in [0.2, 0.25) is 4.34 Å². The molecule has 0 unspecified atom stereocenters. The van der Waals surface area contributed by atoms with Gasteiger partial charge in [0, 0.05) is 9.75 Å². The molecule has 0 atom stereocenters. The first-order valence-corrected chi connectivity index (χ1v) is 9.36. The van der Waals surface area contributed by atoms with Crippen molar-refractivity contribution in [3.8, 4) is 0 Å². The number of anilines is 1. The van der Waals surface area contributed by atoms with E-state index in [2.05, 4.69) is 5.32 Å². The van der Waals surface area contributed by atoms with Crippen LogP contribution in [0, 0.1) is 0 Å². The number of nitrogens with one attached hydrogen (secondary N) is 1. The molecule has 0 saturated carbocycles. The third-order valence-electron chi connectivity index (χ3n) is 3.78. The van der Waals surface area contributed by atoms with Gasteiger partial charge < -0.3 is 10.1 Å². The molecule has 0 saturated heterocycles. The zero-order valence-corrected chi connectivity index (χ0v) is 15.0. The fourth-order valence-corrected chi connectivity index (χ4v) is 5.13. The largest absolute Gasteiger partial charge is 0.465 e.